The van der Waals surface area contributed by atoms with Crippen molar-refractivity contribution in [2.75, 3.05) is 5.32 Å². The number of pyridine rings is 1. The van der Waals surface area contributed by atoms with Crippen LogP contribution in [0.15, 0.2) is 64.7 Å². The van der Waals surface area contributed by atoms with Crippen molar-refractivity contribution in [3.05, 3.63) is 91.8 Å². The van der Waals surface area contributed by atoms with Gasteiger partial charge in [0.1, 0.15) is 10.7 Å². The monoisotopic (exact) mass is 387 g/mol. The van der Waals surface area contributed by atoms with Gasteiger partial charge in [-0.2, -0.15) is 0 Å². The summed E-state index contributed by atoms with van der Waals surface area (Å²) in [5.74, 6) is 0. The van der Waals surface area contributed by atoms with Gasteiger partial charge in [0.25, 0.3) is 0 Å². The number of para-hydroxylation sites is 1. The topological polar surface area (TPSA) is 77.5 Å². The van der Waals surface area contributed by atoms with Gasteiger partial charge in [-0.25, -0.2) is 0 Å². The van der Waals surface area contributed by atoms with Crippen LogP contribution in [0.1, 0.15) is 16.8 Å². The fourth-order valence-corrected chi connectivity index (χ4v) is 3.00. The Morgan fingerprint density at radius 1 is 1.15 bits per heavy atom. The van der Waals surface area contributed by atoms with Crippen LogP contribution in [-0.4, -0.2) is 15.9 Å². The molecular weight excluding hydrogens is 373 g/mol. The molecule has 0 fully saturated rings. The molecule has 0 atom stereocenters. The zero-order chi connectivity index (χ0) is 18.7. The summed E-state index contributed by atoms with van der Waals surface area (Å²) in [6.45, 7) is 2.00. The maximum atomic E-state index is 11.7. The summed E-state index contributed by atoms with van der Waals surface area (Å²) < 4.78 is 0. The second-order valence-electron chi connectivity index (χ2n) is 5.61. The molecule has 0 aliphatic carbocycles. The Bertz CT molecular complexity index is 1040. The van der Waals surface area contributed by atoms with E-state index in [1.54, 1.807) is 18.2 Å². The second kappa shape index (κ2) is 7.64. The van der Waals surface area contributed by atoms with Crippen molar-refractivity contribution < 1.29 is 5.21 Å². The van der Waals surface area contributed by atoms with Crippen LogP contribution in [-0.2, 0) is 0 Å². The number of nitrogens with zero attached hydrogens (tertiary/aromatic N) is 1. The first-order valence-electron chi connectivity index (χ1n) is 7.73. The number of aryl methyl sites for hydroxylation is 1. The highest BCUT2D eigenvalue weighted by molar-refractivity contribution is 6.38. The number of halogens is 2. The molecule has 3 N–H and O–H groups in total. The van der Waals surface area contributed by atoms with E-state index in [0.29, 0.717) is 10.6 Å². The second-order valence-corrected chi connectivity index (χ2v) is 6.40. The van der Waals surface area contributed by atoms with E-state index in [0.717, 1.165) is 16.9 Å². The molecule has 0 amide bonds. The van der Waals surface area contributed by atoms with E-state index >= 15 is 0 Å². The molecule has 1 heterocycles. The quantitative estimate of drug-likeness (QED) is 0.336. The van der Waals surface area contributed by atoms with E-state index < -0.39 is 0 Å². The van der Waals surface area contributed by atoms with Crippen LogP contribution in [0.5, 0.6) is 0 Å². The maximum absolute atomic E-state index is 11.7. The summed E-state index contributed by atoms with van der Waals surface area (Å²) in [6.07, 6.45) is 1.43. The van der Waals surface area contributed by atoms with Crippen molar-refractivity contribution in [3.63, 3.8) is 0 Å². The lowest BCUT2D eigenvalue weighted by atomic mass is 10.1. The molecular formula is C19H15Cl2N3O2. The lowest BCUT2D eigenvalue weighted by Gasteiger charge is -2.12. The number of hydrogen-bond donors (Lipinski definition) is 3. The molecule has 0 saturated carbocycles. The van der Waals surface area contributed by atoms with Gasteiger partial charge in [-0.1, -0.05) is 46.6 Å². The predicted octanol–water partition coefficient (Wildman–Crippen LogP) is 4.96. The average molecular weight is 388 g/mol. The van der Waals surface area contributed by atoms with E-state index in [1.807, 2.05) is 31.2 Å². The third-order valence-electron chi connectivity index (χ3n) is 3.88. The number of aromatic amines is 1. The van der Waals surface area contributed by atoms with E-state index in [1.165, 1.54) is 12.3 Å². The minimum absolute atomic E-state index is 0.0709. The molecule has 26 heavy (non-hydrogen) atoms. The van der Waals surface area contributed by atoms with Crippen LogP contribution in [0.4, 0.5) is 11.4 Å². The number of aromatic nitrogens is 1. The van der Waals surface area contributed by atoms with Crippen molar-refractivity contribution in [2.24, 2.45) is 5.16 Å². The fourth-order valence-electron chi connectivity index (χ4n) is 2.52. The number of hydrogen-bond acceptors (Lipinski definition) is 4. The zero-order valence-electron chi connectivity index (χ0n) is 13.8. The van der Waals surface area contributed by atoms with E-state index in [9.17, 15) is 10.0 Å². The Balaban J connectivity index is 1.98. The molecule has 0 saturated heterocycles. The van der Waals surface area contributed by atoms with Crippen LogP contribution in [0.3, 0.4) is 0 Å². The molecule has 2 aromatic carbocycles. The first-order chi connectivity index (χ1) is 12.5. The third-order valence-corrected chi connectivity index (χ3v) is 4.57. The first kappa shape index (κ1) is 18.0. The normalized spacial score (nSPS) is 11.4. The van der Waals surface area contributed by atoms with Crippen LogP contribution in [0, 0.1) is 6.92 Å². The Morgan fingerprint density at radius 3 is 2.62 bits per heavy atom. The van der Waals surface area contributed by atoms with Gasteiger partial charge in [-0.05, 0) is 36.8 Å². The molecule has 5 nitrogen and oxygen atoms in total. The molecule has 7 heteroatoms. The van der Waals surface area contributed by atoms with Crippen LogP contribution < -0.4 is 10.7 Å². The van der Waals surface area contributed by atoms with Crippen LogP contribution >= 0.6 is 23.2 Å². The number of anilines is 2. The highest BCUT2D eigenvalue weighted by atomic mass is 35.5. The van der Waals surface area contributed by atoms with Gasteiger partial charge >= 0.3 is 0 Å². The lowest BCUT2D eigenvalue weighted by Crippen LogP contribution is -2.13. The molecule has 0 spiro atoms. The maximum Gasteiger partial charge on any atom is 0.200 e. The molecule has 0 bridgehead atoms. The molecule has 0 aliphatic rings. The molecule has 0 radical (unpaired) electrons. The van der Waals surface area contributed by atoms with Gasteiger partial charge in [0.15, 0.2) is 0 Å². The predicted molar refractivity (Wildman–Crippen MR) is 105 cm³/mol. The van der Waals surface area contributed by atoms with Gasteiger partial charge in [0, 0.05) is 29.2 Å². The summed E-state index contributed by atoms with van der Waals surface area (Å²) in [4.78, 5) is 14.6. The molecule has 3 aromatic rings. The van der Waals surface area contributed by atoms with Crippen LogP contribution in [0.25, 0.3) is 0 Å². The SMILES string of the molecule is Cc1ccccc1Nc1ccc(C(=NO)c2[nH]ccc(=O)c2Cl)c(Cl)c1. The fraction of sp³-hybridized carbons (Fsp3) is 0.0526. The van der Waals surface area contributed by atoms with Crippen molar-refractivity contribution in [1.29, 1.82) is 0 Å². The Kier molecular flexibility index (Phi) is 5.30. The Morgan fingerprint density at radius 2 is 1.92 bits per heavy atom. The minimum atomic E-state index is -0.379. The molecule has 132 valence electrons. The van der Waals surface area contributed by atoms with Gasteiger partial charge in [-0.3, -0.25) is 4.79 Å². The molecule has 0 unspecified atom stereocenters. The third kappa shape index (κ3) is 3.59. The van der Waals surface area contributed by atoms with Crippen molar-refractivity contribution in [2.45, 2.75) is 6.92 Å². The highest BCUT2D eigenvalue weighted by Gasteiger charge is 2.17. The van der Waals surface area contributed by atoms with Crippen molar-refractivity contribution in [1.82, 2.24) is 4.98 Å². The van der Waals surface area contributed by atoms with E-state index in [2.05, 4.69) is 15.5 Å². The largest absolute Gasteiger partial charge is 0.410 e. The number of benzene rings is 2. The molecule has 0 aliphatic heterocycles. The molecule has 3 rings (SSSR count). The van der Waals surface area contributed by atoms with Crippen molar-refractivity contribution >= 4 is 40.3 Å². The standard InChI is InChI=1S/C19H15Cl2N3O2/c1-11-4-2-3-5-15(11)23-12-6-7-13(14(20)10-12)18(24-26)19-17(21)16(25)8-9-22-19/h2-10,23,26H,1H3,(H,22,25). The summed E-state index contributed by atoms with van der Waals surface area (Å²) in [5, 5.41) is 16.3. The zero-order valence-corrected chi connectivity index (χ0v) is 15.3. The number of nitrogens with one attached hydrogen (secondary N) is 2. The number of oxime groups is 1. The highest BCUT2D eigenvalue weighted by Crippen LogP contribution is 2.27. The Labute approximate surface area is 159 Å². The summed E-state index contributed by atoms with van der Waals surface area (Å²) in [6, 6.07) is 14.4. The van der Waals surface area contributed by atoms with Crippen molar-refractivity contribution in [3.8, 4) is 0 Å². The number of rotatable bonds is 4. The van der Waals surface area contributed by atoms with E-state index in [-0.39, 0.29) is 21.9 Å². The summed E-state index contributed by atoms with van der Waals surface area (Å²) >= 11 is 12.4. The summed E-state index contributed by atoms with van der Waals surface area (Å²) in [5.41, 5.74) is 3.17. The molecule has 1 aromatic heterocycles. The van der Waals surface area contributed by atoms with Gasteiger partial charge < -0.3 is 15.5 Å². The lowest BCUT2D eigenvalue weighted by molar-refractivity contribution is 0.319. The smallest absolute Gasteiger partial charge is 0.200 e. The minimum Gasteiger partial charge on any atom is -0.410 e. The van der Waals surface area contributed by atoms with Crippen LogP contribution in [0.2, 0.25) is 10.0 Å². The van der Waals surface area contributed by atoms with Gasteiger partial charge in [-0.15, -0.1) is 0 Å². The van der Waals surface area contributed by atoms with E-state index in [4.69, 9.17) is 23.2 Å². The first-order valence-corrected chi connectivity index (χ1v) is 8.49. The van der Waals surface area contributed by atoms with Gasteiger partial charge in [0.2, 0.25) is 5.43 Å². The Hall–Kier alpha value is -2.76. The summed E-state index contributed by atoms with van der Waals surface area (Å²) in [7, 11) is 0. The van der Waals surface area contributed by atoms with Gasteiger partial charge in [0.05, 0.1) is 10.7 Å². The average Bonchev–Trinajstić information content (AvgIpc) is 2.63. The number of H-pyrrole nitrogens is 1.